The van der Waals surface area contributed by atoms with E-state index in [9.17, 15) is 4.79 Å². The number of hydrogen-bond donors (Lipinski definition) is 1. The molecule has 0 spiro atoms. The molecule has 4 heteroatoms. The molecule has 2 rings (SSSR count). The van der Waals surface area contributed by atoms with Crippen LogP contribution in [-0.2, 0) is 11.2 Å². The molecule has 3 nitrogen and oxygen atoms in total. The van der Waals surface area contributed by atoms with Gasteiger partial charge in [0.05, 0.1) is 0 Å². The summed E-state index contributed by atoms with van der Waals surface area (Å²) in [6.45, 7) is 0. The minimum absolute atomic E-state index is 0.201. The monoisotopic (exact) mass is 210 g/mol. The van der Waals surface area contributed by atoms with E-state index in [4.69, 9.17) is 9.84 Å². The first-order valence-electron chi connectivity index (χ1n) is 4.36. The molecule has 74 valence electrons. The quantitative estimate of drug-likeness (QED) is 0.723. The maximum Gasteiger partial charge on any atom is 0.506 e. The number of thioether (sulfide) groups is 1. The standard InChI is InChI=1S/C10H10O3S/c11-10(12)13-8-5-7-3-1-2-4-9(7)14-6-8/h1-4,8H,5-6H2,(H,11,12). The molecule has 14 heavy (non-hydrogen) atoms. The fourth-order valence-corrected chi connectivity index (χ4v) is 2.58. The van der Waals surface area contributed by atoms with Crippen molar-refractivity contribution in [2.45, 2.75) is 17.4 Å². The third-order valence-electron chi connectivity index (χ3n) is 2.11. The number of hydrogen-bond acceptors (Lipinski definition) is 3. The first-order chi connectivity index (χ1) is 6.75. The van der Waals surface area contributed by atoms with Crippen LogP contribution in [0.1, 0.15) is 5.56 Å². The Morgan fingerprint density at radius 2 is 2.29 bits per heavy atom. The molecule has 0 fully saturated rings. The average molecular weight is 210 g/mol. The third kappa shape index (κ3) is 2.01. The van der Waals surface area contributed by atoms with Crippen molar-refractivity contribution < 1.29 is 14.6 Å². The Bertz CT molecular complexity index is 351. The van der Waals surface area contributed by atoms with Crippen LogP contribution < -0.4 is 0 Å². The van der Waals surface area contributed by atoms with Crippen LogP contribution in [0.15, 0.2) is 29.2 Å². The topological polar surface area (TPSA) is 46.5 Å². The summed E-state index contributed by atoms with van der Waals surface area (Å²) >= 11 is 1.65. The highest BCUT2D eigenvalue weighted by Crippen LogP contribution is 2.30. The molecule has 0 saturated carbocycles. The van der Waals surface area contributed by atoms with Gasteiger partial charge in [-0.25, -0.2) is 4.79 Å². The third-order valence-corrected chi connectivity index (χ3v) is 3.36. The molecule has 1 atom stereocenters. The van der Waals surface area contributed by atoms with E-state index >= 15 is 0 Å². The minimum Gasteiger partial charge on any atom is -0.450 e. The number of rotatable bonds is 1. The van der Waals surface area contributed by atoms with Gasteiger partial charge in [0, 0.05) is 17.1 Å². The molecule has 0 aromatic heterocycles. The van der Waals surface area contributed by atoms with Crippen molar-refractivity contribution in [3.63, 3.8) is 0 Å². The maximum absolute atomic E-state index is 10.3. The summed E-state index contributed by atoms with van der Waals surface area (Å²) in [5, 5.41) is 8.48. The fraction of sp³-hybridized carbons (Fsp3) is 0.300. The van der Waals surface area contributed by atoms with Gasteiger partial charge < -0.3 is 9.84 Å². The van der Waals surface area contributed by atoms with Crippen LogP contribution in [0.25, 0.3) is 0 Å². The van der Waals surface area contributed by atoms with Crippen LogP contribution in [0.2, 0.25) is 0 Å². The van der Waals surface area contributed by atoms with Crippen LogP contribution >= 0.6 is 11.8 Å². The van der Waals surface area contributed by atoms with E-state index in [0.717, 1.165) is 0 Å². The first kappa shape index (κ1) is 9.40. The number of ether oxygens (including phenoxy) is 1. The lowest BCUT2D eigenvalue weighted by atomic mass is 10.1. The molecular weight excluding hydrogens is 200 g/mol. The highest BCUT2D eigenvalue weighted by Gasteiger charge is 2.21. The van der Waals surface area contributed by atoms with Gasteiger partial charge in [-0.15, -0.1) is 11.8 Å². The molecule has 0 amide bonds. The summed E-state index contributed by atoms with van der Waals surface area (Å²) < 4.78 is 4.74. The summed E-state index contributed by atoms with van der Waals surface area (Å²) in [6, 6.07) is 8.02. The molecule has 0 aliphatic carbocycles. The van der Waals surface area contributed by atoms with E-state index in [1.54, 1.807) is 11.8 Å². The van der Waals surface area contributed by atoms with Gasteiger partial charge in [0.25, 0.3) is 0 Å². The highest BCUT2D eigenvalue weighted by atomic mass is 32.2. The molecule has 0 radical (unpaired) electrons. The van der Waals surface area contributed by atoms with Crippen molar-refractivity contribution in [3.8, 4) is 0 Å². The highest BCUT2D eigenvalue weighted by molar-refractivity contribution is 7.99. The number of carbonyl (C=O) groups is 1. The van der Waals surface area contributed by atoms with Crippen molar-refractivity contribution in [2.24, 2.45) is 0 Å². The van der Waals surface area contributed by atoms with Crippen molar-refractivity contribution in [2.75, 3.05) is 5.75 Å². The first-order valence-corrected chi connectivity index (χ1v) is 5.34. The SMILES string of the molecule is O=C(O)OC1CSc2ccccc2C1. The maximum atomic E-state index is 10.3. The second kappa shape index (κ2) is 3.92. The predicted octanol–water partition coefficient (Wildman–Crippen LogP) is 2.40. The Kier molecular flexibility index (Phi) is 2.63. The van der Waals surface area contributed by atoms with Crippen LogP contribution in [0.4, 0.5) is 4.79 Å². The summed E-state index contributed by atoms with van der Waals surface area (Å²) in [4.78, 5) is 11.6. The lowest BCUT2D eigenvalue weighted by Crippen LogP contribution is -2.25. The Hall–Kier alpha value is -1.16. The van der Waals surface area contributed by atoms with Gasteiger partial charge in [-0.05, 0) is 11.6 Å². The van der Waals surface area contributed by atoms with E-state index in [-0.39, 0.29) is 6.10 Å². The molecule has 0 bridgehead atoms. The van der Waals surface area contributed by atoms with Crippen molar-refractivity contribution in [1.82, 2.24) is 0 Å². The molecule has 1 aliphatic rings. The number of fused-ring (bicyclic) bond motifs is 1. The normalized spacial score (nSPS) is 19.9. The van der Waals surface area contributed by atoms with Gasteiger partial charge in [-0.2, -0.15) is 0 Å². The molecule has 1 N–H and O–H groups in total. The second-order valence-corrected chi connectivity index (χ2v) is 4.19. The van der Waals surface area contributed by atoms with Gasteiger partial charge in [-0.3, -0.25) is 0 Å². The van der Waals surface area contributed by atoms with Crippen LogP contribution in [0.3, 0.4) is 0 Å². The number of carboxylic acid groups (broad SMARTS) is 1. The van der Waals surface area contributed by atoms with Gasteiger partial charge in [0.15, 0.2) is 0 Å². The van der Waals surface area contributed by atoms with Gasteiger partial charge in [0.1, 0.15) is 6.10 Å². The Labute approximate surface area is 86.1 Å². The van der Waals surface area contributed by atoms with Crippen molar-refractivity contribution in [3.05, 3.63) is 29.8 Å². The zero-order valence-corrected chi connectivity index (χ0v) is 8.29. The second-order valence-electron chi connectivity index (χ2n) is 3.13. The Morgan fingerprint density at radius 1 is 1.50 bits per heavy atom. The largest absolute Gasteiger partial charge is 0.506 e. The van der Waals surface area contributed by atoms with E-state index in [1.165, 1.54) is 10.5 Å². The summed E-state index contributed by atoms with van der Waals surface area (Å²) in [7, 11) is 0. The zero-order chi connectivity index (χ0) is 9.97. The Morgan fingerprint density at radius 3 is 3.07 bits per heavy atom. The summed E-state index contributed by atoms with van der Waals surface area (Å²) in [6.07, 6.45) is -0.697. The van der Waals surface area contributed by atoms with E-state index in [0.29, 0.717) is 12.2 Å². The smallest absolute Gasteiger partial charge is 0.450 e. The predicted molar refractivity (Wildman–Crippen MR) is 53.8 cm³/mol. The van der Waals surface area contributed by atoms with Crippen LogP contribution in [0.5, 0.6) is 0 Å². The summed E-state index contributed by atoms with van der Waals surface area (Å²) in [5.41, 5.74) is 1.18. The van der Waals surface area contributed by atoms with Gasteiger partial charge >= 0.3 is 6.16 Å². The van der Waals surface area contributed by atoms with Crippen molar-refractivity contribution >= 4 is 17.9 Å². The molecule has 1 heterocycles. The Balaban J connectivity index is 2.09. The van der Waals surface area contributed by atoms with E-state index < -0.39 is 6.16 Å². The van der Waals surface area contributed by atoms with Crippen LogP contribution in [-0.4, -0.2) is 23.1 Å². The molecule has 1 unspecified atom stereocenters. The molecule has 1 aliphatic heterocycles. The molecular formula is C10H10O3S. The van der Waals surface area contributed by atoms with Crippen LogP contribution in [0, 0.1) is 0 Å². The number of benzene rings is 1. The van der Waals surface area contributed by atoms with Gasteiger partial charge in [-0.1, -0.05) is 18.2 Å². The lowest BCUT2D eigenvalue weighted by molar-refractivity contribution is 0.0602. The average Bonchev–Trinajstić information content (AvgIpc) is 2.17. The molecule has 0 saturated heterocycles. The molecule has 1 aromatic rings. The minimum atomic E-state index is -1.19. The lowest BCUT2D eigenvalue weighted by Gasteiger charge is -2.22. The van der Waals surface area contributed by atoms with Crippen molar-refractivity contribution in [1.29, 1.82) is 0 Å². The summed E-state index contributed by atoms with van der Waals surface area (Å²) in [5.74, 6) is 0.712. The van der Waals surface area contributed by atoms with E-state index in [2.05, 4.69) is 6.07 Å². The molecule has 1 aromatic carbocycles. The van der Waals surface area contributed by atoms with Gasteiger partial charge in [0.2, 0.25) is 0 Å². The van der Waals surface area contributed by atoms with E-state index in [1.807, 2.05) is 18.2 Å². The fourth-order valence-electron chi connectivity index (χ4n) is 1.52. The zero-order valence-electron chi connectivity index (χ0n) is 7.47.